The van der Waals surface area contributed by atoms with Crippen LogP contribution >= 0.6 is 28.1 Å². The Bertz CT molecular complexity index is 675. The highest BCUT2D eigenvalue weighted by Gasteiger charge is 2.10. The van der Waals surface area contributed by atoms with Gasteiger partial charge in [0.15, 0.2) is 11.6 Å². The van der Waals surface area contributed by atoms with Crippen molar-refractivity contribution in [2.24, 2.45) is 0 Å². The number of methoxy groups -OCH3 is 1. The molecule has 100 valence electrons. The van der Waals surface area contributed by atoms with E-state index in [1.165, 1.54) is 6.07 Å². The summed E-state index contributed by atoms with van der Waals surface area (Å²) in [4.78, 5) is 7.10. The summed E-state index contributed by atoms with van der Waals surface area (Å²) in [5, 5.41) is 0. The first kappa shape index (κ1) is 14.2. The van der Waals surface area contributed by atoms with Gasteiger partial charge >= 0.3 is 0 Å². The van der Waals surface area contributed by atoms with Crippen molar-refractivity contribution in [3.8, 4) is 11.4 Å². The van der Waals surface area contributed by atoms with Crippen molar-refractivity contribution in [1.29, 1.82) is 0 Å². The molecule has 0 atom stereocenters. The third-order valence-electron chi connectivity index (χ3n) is 2.42. The summed E-state index contributed by atoms with van der Waals surface area (Å²) >= 11 is 8.40. The maximum Gasteiger partial charge on any atom is 0.159 e. The first-order valence-corrected chi connectivity index (χ1v) is 6.46. The number of nitrogens with one attached hydrogen (secondary N) is 1. The van der Waals surface area contributed by atoms with E-state index in [0.29, 0.717) is 32.8 Å². The van der Waals surface area contributed by atoms with Gasteiger partial charge in [0.2, 0.25) is 0 Å². The number of benzene rings is 1. The van der Waals surface area contributed by atoms with E-state index < -0.39 is 11.6 Å². The van der Waals surface area contributed by atoms with Gasteiger partial charge in [-0.25, -0.2) is 13.8 Å². The highest BCUT2D eigenvalue weighted by Crippen LogP contribution is 2.23. The number of aromatic amines is 1. The second-order valence-corrected chi connectivity index (χ2v) is 4.92. The smallest absolute Gasteiger partial charge is 0.159 e. The molecule has 0 amide bonds. The van der Waals surface area contributed by atoms with Crippen LogP contribution in [0, 0.1) is 16.3 Å². The lowest BCUT2D eigenvalue weighted by Gasteiger charge is -2.08. The monoisotopic (exact) mass is 346 g/mol. The van der Waals surface area contributed by atoms with E-state index >= 15 is 0 Å². The molecule has 0 aliphatic carbocycles. The predicted octanol–water partition coefficient (Wildman–Crippen LogP) is 3.99. The summed E-state index contributed by atoms with van der Waals surface area (Å²) in [7, 11) is 1.54. The first-order valence-electron chi connectivity index (χ1n) is 5.26. The fourth-order valence-electron chi connectivity index (χ4n) is 1.53. The summed E-state index contributed by atoms with van der Waals surface area (Å²) < 4.78 is 32.1. The van der Waals surface area contributed by atoms with Crippen molar-refractivity contribution in [2.45, 2.75) is 6.61 Å². The molecule has 1 aromatic heterocycles. The Hall–Kier alpha value is -1.18. The van der Waals surface area contributed by atoms with Crippen molar-refractivity contribution >= 4 is 28.1 Å². The molecule has 2 aromatic rings. The van der Waals surface area contributed by atoms with E-state index in [9.17, 15) is 8.78 Å². The predicted molar refractivity (Wildman–Crippen MR) is 73.2 cm³/mol. The van der Waals surface area contributed by atoms with E-state index in [1.807, 2.05) is 0 Å². The number of rotatable bonds is 3. The van der Waals surface area contributed by atoms with Gasteiger partial charge in [0.05, 0.1) is 16.8 Å². The molecule has 1 N–H and O–H groups in total. The van der Waals surface area contributed by atoms with Gasteiger partial charge in [-0.2, -0.15) is 0 Å². The molecule has 3 nitrogen and oxygen atoms in total. The van der Waals surface area contributed by atoms with Crippen LogP contribution < -0.4 is 0 Å². The third kappa shape index (κ3) is 3.05. The van der Waals surface area contributed by atoms with Gasteiger partial charge in [-0.15, -0.1) is 0 Å². The van der Waals surface area contributed by atoms with Crippen molar-refractivity contribution < 1.29 is 13.5 Å². The zero-order valence-electron chi connectivity index (χ0n) is 9.84. The number of nitrogens with zero attached hydrogens (tertiary/aromatic N) is 1. The molecule has 0 fully saturated rings. The zero-order chi connectivity index (χ0) is 14.0. The number of ether oxygens (including phenoxy) is 1. The molecule has 0 aliphatic rings. The van der Waals surface area contributed by atoms with Crippen LogP contribution in [0.4, 0.5) is 8.78 Å². The molecule has 0 spiro atoms. The summed E-state index contributed by atoms with van der Waals surface area (Å²) in [6.07, 6.45) is 0. The quantitative estimate of drug-likeness (QED) is 0.853. The average Bonchev–Trinajstić information content (AvgIpc) is 2.38. The normalized spacial score (nSPS) is 10.7. The zero-order valence-corrected chi connectivity index (χ0v) is 12.2. The fourth-order valence-corrected chi connectivity index (χ4v) is 2.05. The second-order valence-electron chi connectivity index (χ2n) is 3.74. The van der Waals surface area contributed by atoms with Crippen LogP contribution in [0.2, 0.25) is 0 Å². The van der Waals surface area contributed by atoms with Crippen molar-refractivity contribution in [1.82, 2.24) is 9.97 Å². The molecule has 1 heterocycles. The largest absolute Gasteiger partial charge is 0.378 e. The topological polar surface area (TPSA) is 37.9 Å². The Morgan fingerprint density at radius 3 is 2.74 bits per heavy atom. The van der Waals surface area contributed by atoms with Crippen LogP contribution in [0.3, 0.4) is 0 Å². The molecule has 19 heavy (non-hydrogen) atoms. The van der Waals surface area contributed by atoms with Crippen molar-refractivity contribution in [3.63, 3.8) is 0 Å². The molecule has 0 radical (unpaired) electrons. The first-order chi connectivity index (χ1) is 9.02. The van der Waals surface area contributed by atoms with E-state index in [-0.39, 0.29) is 0 Å². The molecular formula is C12H9BrF2N2OS. The van der Waals surface area contributed by atoms with E-state index in [1.54, 1.807) is 7.11 Å². The van der Waals surface area contributed by atoms with Gasteiger partial charge in [-0.1, -0.05) is 12.2 Å². The van der Waals surface area contributed by atoms with Gasteiger partial charge in [-0.05, 0) is 34.1 Å². The van der Waals surface area contributed by atoms with Crippen LogP contribution in [0.15, 0.2) is 22.7 Å². The standard InChI is InChI=1S/C12H9BrF2N2OS/c1-18-5-9-10(13)12(19)17-11(16-9)6-2-3-7(14)8(15)4-6/h2-4H,5H2,1H3,(H,16,17,19). The van der Waals surface area contributed by atoms with Crippen molar-refractivity contribution in [3.05, 3.63) is 44.6 Å². The van der Waals surface area contributed by atoms with Crippen LogP contribution in [-0.2, 0) is 11.3 Å². The van der Waals surface area contributed by atoms with Gasteiger partial charge in [-0.3, -0.25) is 0 Å². The lowest BCUT2D eigenvalue weighted by molar-refractivity contribution is 0.181. The van der Waals surface area contributed by atoms with Gasteiger partial charge in [0.1, 0.15) is 10.5 Å². The SMILES string of the molecule is COCc1[nH]c(-c2ccc(F)c(F)c2)nc(=S)c1Br. The van der Waals surface area contributed by atoms with Gasteiger partial charge < -0.3 is 9.72 Å². The number of aromatic nitrogens is 2. The van der Waals surface area contributed by atoms with E-state index in [2.05, 4.69) is 25.9 Å². The number of hydrogen-bond donors (Lipinski definition) is 1. The summed E-state index contributed by atoms with van der Waals surface area (Å²) in [6.45, 7) is 0.295. The average molecular weight is 347 g/mol. The van der Waals surface area contributed by atoms with Crippen LogP contribution in [0.25, 0.3) is 11.4 Å². The highest BCUT2D eigenvalue weighted by molar-refractivity contribution is 9.10. The molecule has 7 heteroatoms. The second kappa shape index (κ2) is 5.85. The minimum atomic E-state index is -0.935. The van der Waals surface area contributed by atoms with E-state index in [4.69, 9.17) is 17.0 Å². The minimum absolute atomic E-state index is 0.295. The summed E-state index contributed by atoms with van der Waals surface area (Å²) in [5.41, 5.74) is 1.09. The van der Waals surface area contributed by atoms with Gasteiger partial charge in [0.25, 0.3) is 0 Å². The Labute approximate surface area is 121 Å². The molecule has 0 saturated heterocycles. The number of H-pyrrole nitrogens is 1. The van der Waals surface area contributed by atoms with E-state index in [0.717, 1.165) is 12.1 Å². The summed E-state index contributed by atoms with van der Waals surface area (Å²) in [6, 6.07) is 3.53. The molecule has 1 aromatic carbocycles. The molecule has 0 aliphatic heterocycles. The van der Waals surface area contributed by atoms with Crippen LogP contribution in [0.1, 0.15) is 5.69 Å². The van der Waals surface area contributed by atoms with Crippen LogP contribution in [0.5, 0.6) is 0 Å². The lowest BCUT2D eigenvalue weighted by Crippen LogP contribution is -2.00. The molecule has 0 saturated carbocycles. The minimum Gasteiger partial charge on any atom is -0.378 e. The Morgan fingerprint density at radius 2 is 2.11 bits per heavy atom. The molecule has 0 bridgehead atoms. The molecule has 0 unspecified atom stereocenters. The maximum atomic E-state index is 13.2. The third-order valence-corrected chi connectivity index (χ3v) is 3.83. The molecular weight excluding hydrogens is 338 g/mol. The maximum absolute atomic E-state index is 13.2. The number of hydrogen-bond acceptors (Lipinski definition) is 3. The lowest BCUT2D eigenvalue weighted by atomic mass is 10.2. The van der Waals surface area contributed by atoms with Gasteiger partial charge in [0, 0.05) is 12.7 Å². The molecule has 2 rings (SSSR count). The Morgan fingerprint density at radius 1 is 1.37 bits per heavy atom. The number of halogens is 3. The fraction of sp³-hybridized carbons (Fsp3) is 0.167. The summed E-state index contributed by atoms with van der Waals surface area (Å²) in [5.74, 6) is -1.48. The van der Waals surface area contributed by atoms with Crippen molar-refractivity contribution in [2.75, 3.05) is 7.11 Å². The van der Waals surface area contributed by atoms with Crippen LogP contribution in [-0.4, -0.2) is 17.1 Å². The Balaban J connectivity index is 2.56. The Kier molecular flexibility index (Phi) is 4.38. The highest BCUT2D eigenvalue weighted by atomic mass is 79.9.